The maximum Gasteiger partial charge on any atom is 0.134 e. The van der Waals surface area contributed by atoms with Gasteiger partial charge in [-0.25, -0.2) is 4.42 Å². The van der Waals surface area contributed by atoms with Crippen molar-refractivity contribution in [2.75, 3.05) is 6.54 Å². The number of Topliss-reactive ketones (excluding diaryl/α,β-unsaturated/α-hetero) is 1. The van der Waals surface area contributed by atoms with Gasteiger partial charge in [-0.3, -0.25) is 4.79 Å². The molecule has 1 aliphatic heterocycles. The normalized spacial score (nSPS) is 27.2. The Labute approximate surface area is 79.0 Å². The molecule has 0 spiro atoms. The predicted octanol–water partition coefficient (Wildman–Crippen LogP) is 2.36. The summed E-state index contributed by atoms with van der Waals surface area (Å²) in [4.78, 5) is 11.2. The summed E-state index contributed by atoms with van der Waals surface area (Å²) in [6.45, 7) is 2.98. The van der Waals surface area contributed by atoms with Gasteiger partial charge in [0.25, 0.3) is 0 Å². The van der Waals surface area contributed by atoms with Gasteiger partial charge in [0, 0.05) is 25.4 Å². The van der Waals surface area contributed by atoms with Gasteiger partial charge in [-0.1, -0.05) is 13.3 Å². The number of halogens is 1. The van der Waals surface area contributed by atoms with Crippen molar-refractivity contribution in [3.8, 4) is 0 Å². The molecular formula is C9H16ClNO. The molecule has 0 aliphatic carbocycles. The first-order valence-electron chi connectivity index (χ1n) is 4.68. The Bertz CT molecular complexity index is 161. The molecule has 1 rings (SSSR count). The summed E-state index contributed by atoms with van der Waals surface area (Å²) >= 11 is 6.01. The summed E-state index contributed by atoms with van der Waals surface area (Å²) in [5, 5.41) is 0. The molecule has 0 N–H and O–H groups in total. The van der Waals surface area contributed by atoms with E-state index in [4.69, 9.17) is 11.8 Å². The Morgan fingerprint density at radius 2 is 2.42 bits per heavy atom. The molecular weight excluding hydrogens is 174 g/mol. The largest absolute Gasteiger partial charge is 0.300 e. The van der Waals surface area contributed by atoms with Crippen molar-refractivity contribution < 1.29 is 4.79 Å². The molecule has 1 saturated heterocycles. The minimum Gasteiger partial charge on any atom is -0.300 e. The van der Waals surface area contributed by atoms with Gasteiger partial charge >= 0.3 is 0 Å². The number of carbonyl (C=O) groups is 1. The number of nitrogens with zero attached hydrogens (tertiary/aromatic N) is 1. The zero-order chi connectivity index (χ0) is 8.97. The molecule has 2 nitrogen and oxygen atoms in total. The van der Waals surface area contributed by atoms with Crippen molar-refractivity contribution in [3.05, 3.63) is 0 Å². The van der Waals surface area contributed by atoms with E-state index in [1.807, 2.05) is 4.42 Å². The highest BCUT2D eigenvalue weighted by Crippen LogP contribution is 2.19. The standard InChI is InChI=1S/C9H16ClNO/c1-2-4-8-7-9(12)5-3-6-11(8)10/h8H,2-7H2,1H3. The molecule has 0 radical (unpaired) electrons. The van der Waals surface area contributed by atoms with Crippen LogP contribution in [0.5, 0.6) is 0 Å². The first kappa shape index (κ1) is 10.0. The minimum absolute atomic E-state index is 0.284. The minimum atomic E-state index is 0.284. The van der Waals surface area contributed by atoms with Gasteiger partial charge < -0.3 is 0 Å². The summed E-state index contributed by atoms with van der Waals surface area (Å²) in [5.41, 5.74) is 0. The van der Waals surface area contributed by atoms with Crippen molar-refractivity contribution in [3.63, 3.8) is 0 Å². The Kier molecular flexibility index (Phi) is 4.02. The van der Waals surface area contributed by atoms with Crippen molar-refractivity contribution in [1.29, 1.82) is 0 Å². The third-order valence-electron chi connectivity index (χ3n) is 2.31. The highest BCUT2D eigenvalue weighted by atomic mass is 35.5. The van der Waals surface area contributed by atoms with Crippen LogP contribution in [0.4, 0.5) is 0 Å². The van der Waals surface area contributed by atoms with Gasteiger partial charge in [0.2, 0.25) is 0 Å². The average Bonchev–Trinajstić information content (AvgIpc) is 2.16. The number of hydrogen-bond donors (Lipinski definition) is 0. The molecule has 1 fully saturated rings. The lowest BCUT2D eigenvalue weighted by Crippen LogP contribution is -2.27. The van der Waals surface area contributed by atoms with Crippen LogP contribution in [0.3, 0.4) is 0 Å². The zero-order valence-corrected chi connectivity index (χ0v) is 8.31. The summed E-state index contributed by atoms with van der Waals surface area (Å²) in [6.07, 6.45) is 4.42. The van der Waals surface area contributed by atoms with Crippen LogP contribution in [0.15, 0.2) is 0 Å². The number of carbonyl (C=O) groups excluding carboxylic acids is 1. The van der Waals surface area contributed by atoms with Crippen LogP contribution in [0, 0.1) is 0 Å². The number of ketones is 1. The first-order chi connectivity index (χ1) is 5.74. The fraction of sp³-hybridized carbons (Fsp3) is 0.889. The van der Waals surface area contributed by atoms with E-state index in [1.54, 1.807) is 0 Å². The van der Waals surface area contributed by atoms with Crippen LogP contribution in [0.2, 0.25) is 0 Å². The molecule has 0 aromatic rings. The molecule has 1 atom stereocenters. The molecule has 1 aliphatic rings. The van der Waals surface area contributed by atoms with Crippen molar-refractivity contribution >= 4 is 17.6 Å². The third kappa shape index (κ3) is 2.76. The second-order valence-electron chi connectivity index (χ2n) is 3.41. The summed E-state index contributed by atoms with van der Waals surface area (Å²) in [6, 6.07) is 0.284. The van der Waals surface area contributed by atoms with Crippen molar-refractivity contribution in [1.82, 2.24) is 4.42 Å². The van der Waals surface area contributed by atoms with E-state index in [0.29, 0.717) is 18.6 Å². The van der Waals surface area contributed by atoms with Crippen LogP contribution in [0.1, 0.15) is 39.0 Å². The second kappa shape index (κ2) is 4.83. The van der Waals surface area contributed by atoms with Crippen molar-refractivity contribution in [2.45, 2.75) is 45.1 Å². The van der Waals surface area contributed by atoms with E-state index < -0.39 is 0 Å². The Morgan fingerprint density at radius 1 is 1.67 bits per heavy atom. The van der Waals surface area contributed by atoms with Crippen LogP contribution < -0.4 is 0 Å². The molecule has 1 heterocycles. The van der Waals surface area contributed by atoms with Crippen LogP contribution in [-0.2, 0) is 4.79 Å². The molecule has 0 amide bonds. The van der Waals surface area contributed by atoms with Crippen LogP contribution in [0.25, 0.3) is 0 Å². The molecule has 70 valence electrons. The van der Waals surface area contributed by atoms with Crippen molar-refractivity contribution in [2.24, 2.45) is 0 Å². The van der Waals surface area contributed by atoms with Gasteiger partial charge in [0.05, 0.1) is 0 Å². The lowest BCUT2D eigenvalue weighted by atomic mass is 10.1. The van der Waals surface area contributed by atoms with E-state index in [1.165, 1.54) is 0 Å². The second-order valence-corrected chi connectivity index (χ2v) is 3.85. The Balaban J connectivity index is 2.48. The lowest BCUT2D eigenvalue weighted by Gasteiger charge is -2.21. The topological polar surface area (TPSA) is 20.3 Å². The molecule has 0 saturated carbocycles. The van der Waals surface area contributed by atoms with Crippen LogP contribution in [-0.4, -0.2) is 22.8 Å². The van der Waals surface area contributed by atoms with Gasteiger partial charge in [-0.2, -0.15) is 0 Å². The molecule has 1 unspecified atom stereocenters. The average molecular weight is 190 g/mol. The van der Waals surface area contributed by atoms with Gasteiger partial charge in [0.1, 0.15) is 5.78 Å². The fourth-order valence-electron chi connectivity index (χ4n) is 1.65. The highest BCUT2D eigenvalue weighted by Gasteiger charge is 2.22. The fourth-order valence-corrected chi connectivity index (χ4v) is 1.94. The number of rotatable bonds is 2. The Hall–Kier alpha value is -0.0800. The quantitative estimate of drug-likeness (QED) is 0.622. The monoisotopic (exact) mass is 189 g/mol. The zero-order valence-electron chi connectivity index (χ0n) is 7.55. The summed E-state index contributed by atoms with van der Waals surface area (Å²) in [7, 11) is 0. The number of hydrogen-bond acceptors (Lipinski definition) is 2. The summed E-state index contributed by atoms with van der Waals surface area (Å²) in [5.74, 6) is 0.372. The molecule has 12 heavy (non-hydrogen) atoms. The predicted molar refractivity (Wildman–Crippen MR) is 50.1 cm³/mol. The lowest BCUT2D eigenvalue weighted by molar-refractivity contribution is -0.119. The van der Waals surface area contributed by atoms with E-state index in [0.717, 1.165) is 25.8 Å². The van der Waals surface area contributed by atoms with Crippen LogP contribution >= 0.6 is 11.8 Å². The molecule has 0 aromatic heterocycles. The molecule has 3 heteroatoms. The van der Waals surface area contributed by atoms with E-state index in [2.05, 4.69) is 6.92 Å². The third-order valence-corrected chi connectivity index (χ3v) is 2.75. The van der Waals surface area contributed by atoms with E-state index in [-0.39, 0.29) is 6.04 Å². The van der Waals surface area contributed by atoms with Gasteiger partial charge in [-0.05, 0) is 24.6 Å². The van der Waals surface area contributed by atoms with E-state index >= 15 is 0 Å². The summed E-state index contributed by atoms with van der Waals surface area (Å²) < 4.78 is 1.81. The molecule has 0 bridgehead atoms. The van der Waals surface area contributed by atoms with E-state index in [9.17, 15) is 4.79 Å². The first-order valence-corrected chi connectivity index (χ1v) is 5.02. The SMILES string of the molecule is CCCC1CC(=O)CCCN1Cl. The van der Waals surface area contributed by atoms with Gasteiger partial charge in [0.15, 0.2) is 0 Å². The maximum absolute atomic E-state index is 11.2. The highest BCUT2D eigenvalue weighted by molar-refractivity contribution is 6.13. The van der Waals surface area contributed by atoms with Gasteiger partial charge in [-0.15, -0.1) is 0 Å². The molecule has 0 aromatic carbocycles. The Morgan fingerprint density at radius 3 is 3.08 bits per heavy atom. The smallest absolute Gasteiger partial charge is 0.134 e. The maximum atomic E-state index is 11.2.